The van der Waals surface area contributed by atoms with Gasteiger partial charge in [0.25, 0.3) is 0 Å². The Morgan fingerprint density at radius 2 is 2.26 bits per heavy atom. The van der Waals surface area contributed by atoms with Crippen molar-refractivity contribution in [2.45, 2.75) is 25.3 Å². The molecule has 2 aromatic rings. The van der Waals surface area contributed by atoms with E-state index in [1.54, 1.807) is 6.20 Å². The molecule has 0 amide bonds. The first-order valence-electron chi connectivity index (χ1n) is 6.67. The third-order valence-corrected chi connectivity index (χ3v) is 3.68. The molecule has 3 N–H and O–H groups in total. The first kappa shape index (κ1) is 12.2. The van der Waals surface area contributed by atoms with Crippen LogP contribution in [0.4, 0.5) is 11.4 Å². The second kappa shape index (κ2) is 4.70. The molecule has 1 aliphatic rings. The Bertz CT molecular complexity index is 591. The van der Waals surface area contributed by atoms with Crippen molar-refractivity contribution < 1.29 is 4.74 Å². The third kappa shape index (κ3) is 2.36. The monoisotopic (exact) mass is 257 g/mol. The Labute approximate surface area is 113 Å². The molecule has 1 aliphatic heterocycles. The maximum Gasteiger partial charge on any atom is 0.0951 e. The van der Waals surface area contributed by atoms with Crippen molar-refractivity contribution >= 4 is 22.3 Å². The Balaban J connectivity index is 1.99. The summed E-state index contributed by atoms with van der Waals surface area (Å²) >= 11 is 0. The lowest BCUT2D eigenvalue weighted by atomic mass is 9.94. The number of pyridine rings is 1. The second-order valence-corrected chi connectivity index (χ2v) is 5.44. The van der Waals surface area contributed by atoms with Crippen LogP contribution in [0.25, 0.3) is 10.9 Å². The molecule has 100 valence electrons. The fourth-order valence-corrected chi connectivity index (χ4v) is 2.66. The molecule has 3 rings (SSSR count). The Kier molecular flexibility index (Phi) is 3.03. The van der Waals surface area contributed by atoms with Crippen LogP contribution in [0.2, 0.25) is 0 Å². The third-order valence-electron chi connectivity index (χ3n) is 3.68. The van der Waals surface area contributed by atoms with Crippen LogP contribution in [-0.4, -0.2) is 23.7 Å². The average Bonchev–Trinajstić information content (AvgIpc) is 2.43. The normalized spacial score (nSPS) is 23.4. The van der Waals surface area contributed by atoms with Crippen molar-refractivity contribution in [3.63, 3.8) is 0 Å². The fraction of sp³-hybridized carbons (Fsp3) is 0.400. The van der Waals surface area contributed by atoms with E-state index < -0.39 is 0 Å². The summed E-state index contributed by atoms with van der Waals surface area (Å²) in [6.07, 6.45) is 3.97. The van der Waals surface area contributed by atoms with Gasteiger partial charge in [0.05, 0.1) is 23.3 Å². The average molecular weight is 257 g/mol. The standard InChI is InChI=1S/C15H19N3O/c1-15(7-3-9-19-10-15)18-13-6-5-12(16)14-11(13)4-2-8-17-14/h2,4-6,8,18H,3,7,9-10,16H2,1H3. The Morgan fingerprint density at radius 3 is 3.05 bits per heavy atom. The summed E-state index contributed by atoms with van der Waals surface area (Å²) in [6.45, 7) is 3.80. The highest BCUT2D eigenvalue weighted by Crippen LogP contribution is 2.31. The number of rotatable bonds is 2. The summed E-state index contributed by atoms with van der Waals surface area (Å²) in [7, 11) is 0. The SMILES string of the molecule is CC1(Nc2ccc(N)c3ncccc23)CCCOC1. The maximum atomic E-state index is 5.98. The zero-order valence-corrected chi connectivity index (χ0v) is 11.1. The zero-order chi connectivity index (χ0) is 13.3. The van der Waals surface area contributed by atoms with Crippen molar-refractivity contribution in [3.8, 4) is 0 Å². The van der Waals surface area contributed by atoms with Gasteiger partial charge in [-0.1, -0.05) is 0 Å². The smallest absolute Gasteiger partial charge is 0.0951 e. The zero-order valence-electron chi connectivity index (χ0n) is 11.1. The van der Waals surface area contributed by atoms with E-state index in [4.69, 9.17) is 10.5 Å². The van der Waals surface area contributed by atoms with E-state index in [1.165, 1.54) is 0 Å². The molecule has 0 radical (unpaired) electrons. The lowest BCUT2D eigenvalue weighted by Gasteiger charge is -2.35. The molecule has 19 heavy (non-hydrogen) atoms. The van der Waals surface area contributed by atoms with E-state index in [2.05, 4.69) is 17.2 Å². The summed E-state index contributed by atoms with van der Waals surface area (Å²) in [6, 6.07) is 7.92. The summed E-state index contributed by atoms with van der Waals surface area (Å²) in [5, 5.41) is 4.67. The van der Waals surface area contributed by atoms with Gasteiger partial charge in [-0.3, -0.25) is 4.98 Å². The van der Waals surface area contributed by atoms with E-state index in [9.17, 15) is 0 Å². The van der Waals surface area contributed by atoms with Crippen LogP contribution in [0.1, 0.15) is 19.8 Å². The van der Waals surface area contributed by atoms with Gasteiger partial charge in [0.15, 0.2) is 0 Å². The molecule has 0 aliphatic carbocycles. The van der Waals surface area contributed by atoms with Crippen molar-refractivity contribution in [1.82, 2.24) is 4.98 Å². The first-order valence-corrected chi connectivity index (χ1v) is 6.67. The number of anilines is 2. The molecule has 4 heteroatoms. The minimum absolute atomic E-state index is 0.0167. The molecule has 0 saturated carbocycles. The lowest BCUT2D eigenvalue weighted by molar-refractivity contribution is 0.0541. The van der Waals surface area contributed by atoms with Gasteiger partial charge in [-0.2, -0.15) is 0 Å². The lowest BCUT2D eigenvalue weighted by Crippen LogP contribution is -2.43. The summed E-state index contributed by atoms with van der Waals surface area (Å²) in [5.74, 6) is 0. The Hall–Kier alpha value is -1.81. The van der Waals surface area contributed by atoms with E-state index in [0.717, 1.165) is 42.6 Å². The van der Waals surface area contributed by atoms with Crippen LogP contribution in [0.3, 0.4) is 0 Å². The number of aromatic nitrogens is 1. The van der Waals surface area contributed by atoms with Crippen molar-refractivity contribution in [2.75, 3.05) is 24.3 Å². The van der Waals surface area contributed by atoms with E-state index in [0.29, 0.717) is 5.69 Å². The number of nitrogens with two attached hydrogens (primary N) is 1. The topological polar surface area (TPSA) is 60.2 Å². The number of benzene rings is 1. The van der Waals surface area contributed by atoms with Crippen LogP contribution < -0.4 is 11.1 Å². The van der Waals surface area contributed by atoms with Gasteiger partial charge in [0, 0.05) is 23.9 Å². The number of ether oxygens (including phenoxy) is 1. The second-order valence-electron chi connectivity index (χ2n) is 5.44. The highest BCUT2D eigenvalue weighted by atomic mass is 16.5. The first-order chi connectivity index (χ1) is 9.18. The van der Waals surface area contributed by atoms with Gasteiger partial charge >= 0.3 is 0 Å². The number of nitrogens with zero attached hydrogens (tertiary/aromatic N) is 1. The van der Waals surface area contributed by atoms with Gasteiger partial charge in [0.2, 0.25) is 0 Å². The molecule has 0 spiro atoms. The van der Waals surface area contributed by atoms with Gasteiger partial charge in [-0.25, -0.2) is 0 Å². The molecule has 1 fully saturated rings. The van der Waals surface area contributed by atoms with Gasteiger partial charge in [0.1, 0.15) is 0 Å². The van der Waals surface area contributed by atoms with Crippen LogP contribution in [0.15, 0.2) is 30.5 Å². The molecular formula is C15H19N3O. The molecule has 0 bridgehead atoms. The van der Waals surface area contributed by atoms with Gasteiger partial charge < -0.3 is 15.8 Å². The molecule has 1 unspecified atom stereocenters. The number of nitrogens with one attached hydrogen (secondary N) is 1. The molecule has 2 heterocycles. The van der Waals surface area contributed by atoms with Crippen molar-refractivity contribution in [1.29, 1.82) is 0 Å². The molecule has 4 nitrogen and oxygen atoms in total. The number of hydrogen-bond acceptors (Lipinski definition) is 4. The summed E-state index contributed by atoms with van der Waals surface area (Å²) in [4.78, 5) is 4.36. The van der Waals surface area contributed by atoms with Crippen molar-refractivity contribution in [3.05, 3.63) is 30.5 Å². The molecular weight excluding hydrogens is 238 g/mol. The minimum atomic E-state index is -0.0167. The molecule has 1 aromatic carbocycles. The van der Waals surface area contributed by atoms with Crippen LogP contribution in [-0.2, 0) is 4.74 Å². The van der Waals surface area contributed by atoms with Crippen molar-refractivity contribution in [2.24, 2.45) is 0 Å². The highest BCUT2D eigenvalue weighted by molar-refractivity contribution is 5.98. The van der Waals surface area contributed by atoms with E-state index in [1.807, 2.05) is 24.3 Å². The quantitative estimate of drug-likeness (QED) is 0.812. The molecule has 1 aromatic heterocycles. The predicted molar refractivity (Wildman–Crippen MR) is 78.2 cm³/mol. The minimum Gasteiger partial charge on any atom is -0.397 e. The number of hydrogen-bond donors (Lipinski definition) is 2. The van der Waals surface area contributed by atoms with Crippen LogP contribution in [0.5, 0.6) is 0 Å². The van der Waals surface area contributed by atoms with Gasteiger partial charge in [-0.15, -0.1) is 0 Å². The molecule has 1 atom stereocenters. The Morgan fingerprint density at radius 1 is 1.37 bits per heavy atom. The number of nitrogen functional groups attached to an aromatic ring is 1. The van der Waals surface area contributed by atoms with E-state index >= 15 is 0 Å². The molecule has 1 saturated heterocycles. The van der Waals surface area contributed by atoms with Crippen LogP contribution >= 0.6 is 0 Å². The van der Waals surface area contributed by atoms with E-state index in [-0.39, 0.29) is 5.54 Å². The van der Waals surface area contributed by atoms with Gasteiger partial charge in [-0.05, 0) is 44.0 Å². The maximum absolute atomic E-state index is 5.98. The van der Waals surface area contributed by atoms with Crippen LogP contribution in [0, 0.1) is 0 Å². The highest BCUT2D eigenvalue weighted by Gasteiger charge is 2.27. The fourth-order valence-electron chi connectivity index (χ4n) is 2.66. The summed E-state index contributed by atoms with van der Waals surface area (Å²) < 4.78 is 5.59. The number of fused-ring (bicyclic) bond motifs is 1. The summed E-state index contributed by atoms with van der Waals surface area (Å²) in [5.41, 5.74) is 8.60. The largest absolute Gasteiger partial charge is 0.397 e. The predicted octanol–water partition coefficient (Wildman–Crippen LogP) is 2.80.